The Balaban J connectivity index is 0.000000686. The summed E-state index contributed by atoms with van der Waals surface area (Å²) in [6, 6.07) is 0. The molecule has 2 rings (SSSR count). The lowest BCUT2D eigenvalue weighted by molar-refractivity contribution is 0.379. The van der Waals surface area contributed by atoms with E-state index in [-0.39, 0.29) is 11.1 Å². The first-order chi connectivity index (χ1) is 7.91. The number of fused-ring (bicyclic) bond motifs is 1. The van der Waals surface area contributed by atoms with Crippen LogP contribution in [0.1, 0.15) is 40.3 Å². The van der Waals surface area contributed by atoms with Crippen molar-refractivity contribution in [1.29, 1.82) is 0 Å². The first kappa shape index (κ1) is 13.4. The normalized spacial score (nSPS) is 11.2. The molecule has 0 N–H and O–H groups in total. The van der Waals surface area contributed by atoms with E-state index in [1.807, 2.05) is 34.6 Å². The van der Waals surface area contributed by atoms with Gasteiger partial charge in [0.1, 0.15) is 11.7 Å². The van der Waals surface area contributed by atoms with E-state index < -0.39 is 0 Å². The molecule has 0 spiro atoms. The average molecular weight is 237 g/mol. The van der Waals surface area contributed by atoms with Gasteiger partial charge in [-0.05, 0) is 27.7 Å². The summed E-state index contributed by atoms with van der Waals surface area (Å²) >= 11 is 0. The van der Waals surface area contributed by atoms with Crippen LogP contribution in [0, 0.1) is 6.92 Å². The van der Waals surface area contributed by atoms with Gasteiger partial charge in [0.05, 0.1) is 5.69 Å². The molecule has 94 valence electrons. The predicted octanol–water partition coefficient (Wildman–Crippen LogP) is 2.47. The molecular formula is C12H19N3O2. The van der Waals surface area contributed by atoms with Crippen LogP contribution >= 0.6 is 0 Å². The number of rotatable bonds is 0. The maximum absolute atomic E-state index is 12.1. The van der Waals surface area contributed by atoms with Gasteiger partial charge in [-0.2, -0.15) is 0 Å². The van der Waals surface area contributed by atoms with Crippen molar-refractivity contribution < 1.29 is 4.52 Å². The maximum Gasteiger partial charge on any atom is 0.267 e. The smallest absolute Gasteiger partial charge is 0.267 e. The van der Waals surface area contributed by atoms with Crippen molar-refractivity contribution in [1.82, 2.24) is 14.7 Å². The van der Waals surface area contributed by atoms with Crippen LogP contribution in [0.25, 0.3) is 11.1 Å². The molecule has 0 aliphatic heterocycles. The summed E-state index contributed by atoms with van der Waals surface area (Å²) < 4.78 is 6.51. The van der Waals surface area contributed by atoms with E-state index in [1.165, 1.54) is 6.33 Å². The molecule has 17 heavy (non-hydrogen) atoms. The van der Waals surface area contributed by atoms with E-state index in [9.17, 15) is 4.79 Å². The summed E-state index contributed by atoms with van der Waals surface area (Å²) in [6.45, 7) is 11.6. The molecule has 0 aliphatic carbocycles. The lowest BCUT2D eigenvalue weighted by Gasteiger charge is -2.21. The second kappa shape index (κ2) is 4.69. The molecule has 5 heteroatoms. The van der Waals surface area contributed by atoms with Gasteiger partial charge < -0.3 is 4.52 Å². The molecule has 5 nitrogen and oxygen atoms in total. The van der Waals surface area contributed by atoms with Gasteiger partial charge in [-0.15, -0.1) is 0 Å². The van der Waals surface area contributed by atoms with Gasteiger partial charge in [0.25, 0.3) is 11.3 Å². The summed E-state index contributed by atoms with van der Waals surface area (Å²) in [5, 5.41) is 4.19. The molecule has 0 fully saturated rings. The molecule has 0 saturated carbocycles. The van der Waals surface area contributed by atoms with Gasteiger partial charge in [-0.3, -0.25) is 9.36 Å². The van der Waals surface area contributed by atoms with Gasteiger partial charge in [0, 0.05) is 5.54 Å². The van der Waals surface area contributed by atoms with E-state index in [0.717, 1.165) is 0 Å². The highest BCUT2D eigenvalue weighted by Gasteiger charge is 2.19. The molecule has 0 unspecified atom stereocenters. The Bertz CT molecular complexity index is 561. The number of aromatic nitrogens is 3. The summed E-state index contributed by atoms with van der Waals surface area (Å²) in [6.07, 6.45) is 1.50. The Morgan fingerprint density at radius 2 is 1.88 bits per heavy atom. The van der Waals surface area contributed by atoms with Crippen molar-refractivity contribution >= 4 is 11.1 Å². The third kappa shape index (κ3) is 2.38. The SMILES string of the molecule is CC.Cc1noc2ncn(C(C)(C)C)c(=O)c12. The molecule has 2 heterocycles. The molecule has 0 saturated heterocycles. The van der Waals surface area contributed by atoms with Gasteiger partial charge >= 0.3 is 0 Å². The number of hydrogen-bond donors (Lipinski definition) is 0. The molecule has 2 aromatic rings. The van der Waals surface area contributed by atoms with Crippen LogP contribution in [0.15, 0.2) is 15.6 Å². The topological polar surface area (TPSA) is 60.9 Å². The molecular weight excluding hydrogens is 218 g/mol. The number of aryl methyl sites for hydroxylation is 1. The van der Waals surface area contributed by atoms with Crippen LogP contribution in [0.2, 0.25) is 0 Å². The van der Waals surface area contributed by atoms with Gasteiger partial charge in [0.15, 0.2) is 0 Å². The molecule has 0 bridgehead atoms. The van der Waals surface area contributed by atoms with Crippen LogP contribution < -0.4 is 5.56 Å². The van der Waals surface area contributed by atoms with E-state index in [1.54, 1.807) is 11.5 Å². The molecule has 0 radical (unpaired) electrons. The Hall–Kier alpha value is -1.65. The van der Waals surface area contributed by atoms with Crippen LogP contribution in [-0.2, 0) is 5.54 Å². The van der Waals surface area contributed by atoms with Gasteiger partial charge in [-0.1, -0.05) is 19.0 Å². The highest BCUT2D eigenvalue weighted by atomic mass is 16.5. The fraction of sp³-hybridized carbons (Fsp3) is 0.583. The lowest BCUT2D eigenvalue weighted by Crippen LogP contribution is -2.33. The van der Waals surface area contributed by atoms with E-state index in [2.05, 4.69) is 10.1 Å². The first-order valence-corrected chi connectivity index (χ1v) is 5.75. The quantitative estimate of drug-likeness (QED) is 0.706. The monoisotopic (exact) mass is 237 g/mol. The molecule has 0 amide bonds. The lowest BCUT2D eigenvalue weighted by atomic mass is 10.1. The highest BCUT2D eigenvalue weighted by Crippen LogP contribution is 2.14. The third-order valence-electron chi connectivity index (χ3n) is 2.29. The highest BCUT2D eigenvalue weighted by molar-refractivity contribution is 5.73. The second-order valence-electron chi connectivity index (χ2n) is 4.54. The fourth-order valence-electron chi connectivity index (χ4n) is 1.45. The Morgan fingerprint density at radius 3 is 2.41 bits per heavy atom. The van der Waals surface area contributed by atoms with Crippen molar-refractivity contribution in [2.75, 3.05) is 0 Å². The van der Waals surface area contributed by atoms with Crippen molar-refractivity contribution in [3.05, 3.63) is 22.4 Å². The number of nitrogens with zero attached hydrogens (tertiary/aromatic N) is 3. The third-order valence-corrected chi connectivity index (χ3v) is 2.29. The minimum Gasteiger partial charge on any atom is -0.335 e. The van der Waals surface area contributed by atoms with Crippen molar-refractivity contribution in [2.24, 2.45) is 0 Å². The van der Waals surface area contributed by atoms with E-state index in [0.29, 0.717) is 16.8 Å². The Kier molecular flexibility index (Phi) is 3.70. The summed E-state index contributed by atoms with van der Waals surface area (Å²) in [7, 11) is 0. The molecule has 0 aromatic carbocycles. The fourth-order valence-corrected chi connectivity index (χ4v) is 1.45. The van der Waals surface area contributed by atoms with Crippen LogP contribution in [0.4, 0.5) is 0 Å². The Labute approximate surface area is 100 Å². The zero-order valence-electron chi connectivity index (χ0n) is 11.2. The summed E-state index contributed by atoms with van der Waals surface area (Å²) in [4.78, 5) is 16.1. The van der Waals surface area contributed by atoms with E-state index >= 15 is 0 Å². The van der Waals surface area contributed by atoms with Crippen LogP contribution in [-0.4, -0.2) is 14.7 Å². The second-order valence-corrected chi connectivity index (χ2v) is 4.54. The van der Waals surface area contributed by atoms with E-state index in [4.69, 9.17) is 4.52 Å². The van der Waals surface area contributed by atoms with Gasteiger partial charge in [-0.25, -0.2) is 4.98 Å². The van der Waals surface area contributed by atoms with Gasteiger partial charge in [0.2, 0.25) is 0 Å². The molecule has 0 atom stereocenters. The molecule has 2 aromatic heterocycles. The minimum atomic E-state index is -0.290. The average Bonchev–Trinajstić information content (AvgIpc) is 2.63. The summed E-state index contributed by atoms with van der Waals surface area (Å²) in [5.74, 6) is 0. The minimum absolute atomic E-state index is 0.105. The Morgan fingerprint density at radius 1 is 1.29 bits per heavy atom. The number of hydrogen-bond acceptors (Lipinski definition) is 4. The summed E-state index contributed by atoms with van der Waals surface area (Å²) in [5.41, 5.74) is 0.493. The molecule has 0 aliphatic rings. The van der Waals surface area contributed by atoms with Crippen molar-refractivity contribution in [3.8, 4) is 0 Å². The largest absolute Gasteiger partial charge is 0.335 e. The van der Waals surface area contributed by atoms with Crippen LogP contribution in [0.5, 0.6) is 0 Å². The standard InChI is InChI=1S/C10H13N3O2.C2H6/c1-6-7-8(15-12-6)11-5-13(9(7)14)10(2,3)4;1-2/h5H,1-4H3;1-2H3. The van der Waals surface area contributed by atoms with Crippen LogP contribution in [0.3, 0.4) is 0 Å². The predicted molar refractivity (Wildman–Crippen MR) is 67.1 cm³/mol. The first-order valence-electron chi connectivity index (χ1n) is 5.75. The van der Waals surface area contributed by atoms with Crippen molar-refractivity contribution in [2.45, 2.75) is 47.1 Å². The van der Waals surface area contributed by atoms with Crippen molar-refractivity contribution in [3.63, 3.8) is 0 Å². The zero-order valence-corrected chi connectivity index (χ0v) is 11.2. The maximum atomic E-state index is 12.1. The zero-order chi connectivity index (χ0) is 13.2.